The molecule has 0 aliphatic carbocycles. The minimum absolute atomic E-state index is 0. The summed E-state index contributed by atoms with van der Waals surface area (Å²) in [6.45, 7) is 2.08. The summed E-state index contributed by atoms with van der Waals surface area (Å²) >= 11 is 6.89. The summed E-state index contributed by atoms with van der Waals surface area (Å²) in [4.78, 5) is 0. The Bertz CT molecular complexity index is 278. The molecular formula is C9H12Br2ClN. The van der Waals surface area contributed by atoms with Crippen LogP contribution in [0.1, 0.15) is 24.9 Å². The Morgan fingerprint density at radius 2 is 2.00 bits per heavy atom. The summed E-state index contributed by atoms with van der Waals surface area (Å²) in [5.74, 6) is 0. The second kappa shape index (κ2) is 6.02. The quantitative estimate of drug-likeness (QED) is 0.870. The molecule has 74 valence electrons. The van der Waals surface area contributed by atoms with Crippen molar-refractivity contribution in [1.82, 2.24) is 0 Å². The minimum atomic E-state index is 0. The van der Waals surface area contributed by atoms with Crippen molar-refractivity contribution in [1.29, 1.82) is 0 Å². The van der Waals surface area contributed by atoms with Gasteiger partial charge in [-0.05, 0) is 30.2 Å². The van der Waals surface area contributed by atoms with Gasteiger partial charge in [0.15, 0.2) is 0 Å². The van der Waals surface area contributed by atoms with Gasteiger partial charge in [-0.3, -0.25) is 0 Å². The molecule has 0 saturated heterocycles. The summed E-state index contributed by atoms with van der Waals surface area (Å²) < 4.78 is 2.16. The Labute approximate surface area is 102 Å². The molecule has 0 unspecified atom stereocenters. The molecule has 0 spiro atoms. The lowest BCUT2D eigenvalue weighted by molar-refractivity contribution is 0.695. The van der Waals surface area contributed by atoms with E-state index in [4.69, 9.17) is 5.73 Å². The standard InChI is InChI=1S/C9H11Br2N.ClH/c1-2-9(12)7-5-6(10)3-4-8(7)11;/h3-5,9H,2,12H2,1H3;1H/t9-;/m0./s1. The molecule has 0 aromatic heterocycles. The zero-order valence-electron chi connectivity index (χ0n) is 7.26. The Balaban J connectivity index is 0.00000144. The van der Waals surface area contributed by atoms with Gasteiger partial charge in [0, 0.05) is 15.0 Å². The first-order valence-corrected chi connectivity index (χ1v) is 5.44. The predicted molar refractivity (Wildman–Crippen MR) is 66.3 cm³/mol. The van der Waals surface area contributed by atoms with E-state index < -0.39 is 0 Å². The third kappa shape index (κ3) is 3.58. The van der Waals surface area contributed by atoms with Crippen LogP contribution in [0.5, 0.6) is 0 Å². The summed E-state index contributed by atoms with van der Waals surface area (Å²) in [6.07, 6.45) is 0.953. The molecule has 0 aliphatic rings. The summed E-state index contributed by atoms with van der Waals surface area (Å²) in [7, 11) is 0. The number of hydrogen-bond acceptors (Lipinski definition) is 1. The molecule has 0 heterocycles. The highest BCUT2D eigenvalue weighted by atomic mass is 79.9. The predicted octanol–water partition coefficient (Wildman–Crippen LogP) is 4.04. The highest BCUT2D eigenvalue weighted by molar-refractivity contribution is 9.11. The first-order chi connectivity index (χ1) is 5.65. The smallest absolute Gasteiger partial charge is 0.0303 e. The van der Waals surface area contributed by atoms with Crippen LogP contribution in [0.4, 0.5) is 0 Å². The lowest BCUT2D eigenvalue weighted by Crippen LogP contribution is -2.09. The van der Waals surface area contributed by atoms with Crippen LogP contribution in [0.3, 0.4) is 0 Å². The SMILES string of the molecule is CC[C@H](N)c1cc(Br)ccc1Br.Cl. The molecule has 0 aliphatic heterocycles. The molecule has 1 rings (SSSR count). The van der Waals surface area contributed by atoms with E-state index in [-0.39, 0.29) is 18.4 Å². The van der Waals surface area contributed by atoms with Gasteiger partial charge in [0.2, 0.25) is 0 Å². The number of hydrogen-bond donors (Lipinski definition) is 1. The molecule has 1 nitrogen and oxygen atoms in total. The molecule has 0 amide bonds. The maximum absolute atomic E-state index is 5.91. The van der Waals surface area contributed by atoms with Crippen molar-refractivity contribution in [2.24, 2.45) is 5.73 Å². The van der Waals surface area contributed by atoms with E-state index in [9.17, 15) is 0 Å². The average molecular weight is 329 g/mol. The fourth-order valence-electron chi connectivity index (χ4n) is 1.02. The van der Waals surface area contributed by atoms with Crippen LogP contribution >= 0.6 is 44.3 Å². The van der Waals surface area contributed by atoms with Crippen LogP contribution < -0.4 is 5.73 Å². The van der Waals surface area contributed by atoms with E-state index in [0.29, 0.717) is 0 Å². The second-order valence-corrected chi connectivity index (χ2v) is 4.45. The van der Waals surface area contributed by atoms with Crippen molar-refractivity contribution in [3.05, 3.63) is 32.7 Å². The van der Waals surface area contributed by atoms with Crippen LogP contribution in [-0.4, -0.2) is 0 Å². The van der Waals surface area contributed by atoms with E-state index in [1.54, 1.807) is 0 Å². The van der Waals surface area contributed by atoms with Crippen molar-refractivity contribution in [2.75, 3.05) is 0 Å². The molecule has 1 aromatic rings. The van der Waals surface area contributed by atoms with Gasteiger partial charge in [0.25, 0.3) is 0 Å². The van der Waals surface area contributed by atoms with E-state index in [1.807, 2.05) is 12.1 Å². The van der Waals surface area contributed by atoms with Gasteiger partial charge >= 0.3 is 0 Å². The Hall–Kier alpha value is 0.430. The molecule has 1 atom stereocenters. The van der Waals surface area contributed by atoms with Crippen molar-refractivity contribution < 1.29 is 0 Å². The monoisotopic (exact) mass is 327 g/mol. The molecule has 4 heteroatoms. The van der Waals surface area contributed by atoms with Gasteiger partial charge in [-0.1, -0.05) is 38.8 Å². The van der Waals surface area contributed by atoms with E-state index in [2.05, 4.69) is 44.8 Å². The molecule has 2 N–H and O–H groups in total. The van der Waals surface area contributed by atoms with Crippen LogP contribution in [0.2, 0.25) is 0 Å². The Kier molecular flexibility index (Phi) is 6.21. The van der Waals surface area contributed by atoms with Gasteiger partial charge in [0.1, 0.15) is 0 Å². The lowest BCUT2D eigenvalue weighted by Gasteiger charge is -2.11. The van der Waals surface area contributed by atoms with Crippen LogP contribution in [0.25, 0.3) is 0 Å². The molecule has 13 heavy (non-hydrogen) atoms. The Morgan fingerprint density at radius 1 is 1.38 bits per heavy atom. The average Bonchev–Trinajstić information content (AvgIpc) is 2.08. The normalized spacial score (nSPS) is 12.0. The minimum Gasteiger partial charge on any atom is -0.324 e. The molecular weight excluding hydrogens is 317 g/mol. The molecule has 1 aromatic carbocycles. The third-order valence-electron chi connectivity index (χ3n) is 1.80. The Morgan fingerprint density at radius 3 is 2.54 bits per heavy atom. The van der Waals surface area contributed by atoms with Gasteiger partial charge in [-0.15, -0.1) is 12.4 Å². The van der Waals surface area contributed by atoms with E-state index in [0.717, 1.165) is 20.9 Å². The zero-order valence-corrected chi connectivity index (χ0v) is 11.2. The molecule has 0 saturated carbocycles. The highest BCUT2D eigenvalue weighted by Crippen LogP contribution is 2.26. The summed E-state index contributed by atoms with van der Waals surface area (Å²) in [5.41, 5.74) is 7.07. The number of benzene rings is 1. The van der Waals surface area contributed by atoms with Crippen molar-refractivity contribution in [2.45, 2.75) is 19.4 Å². The fraction of sp³-hybridized carbons (Fsp3) is 0.333. The van der Waals surface area contributed by atoms with Gasteiger partial charge in [0.05, 0.1) is 0 Å². The largest absolute Gasteiger partial charge is 0.324 e. The van der Waals surface area contributed by atoms with Gasteiger partial charge < -0.3 is 5.73 Å². The van der Waals surface area contributed by atoms with Crippen molar-refractivity contribution >= 4 is 44.3 Å². The van der Waals surface area contributed by atoms with Crippen LogP contribution in [0.15, 0.2) is 27.1 Å². The fourth-order valence-corrected chi connectivity index (χ4v) is 1.94. The first-order valence-electron chi connectivity index (χ1n) is 3.85. The zero-order chi connectivity index (χ0) is 9.14. The number of rotatable bonds is 2. The summed E-state index contributed by atoms with van der Waals surface area (Å²) in [5, 5.41) is 0. The first kappa shape index (κ1) is 13.4. The number of halogens is 3. The molecule has 0 bridgehead atoms. The van der Waals surface area contributed by atoms with Crippen molar-refractivity contribution in [3.8, 4) is 0 Å². The molecule has 0 fully saturated rings. The van der Waals surface area contributed by atoms with Crippen molar-refractivity contribution in [3.63, 3.8) is 0 Å². The number of nitrogens with two attached hydrogens (primary N) is 1. The maximum Gasteiger partial charge on any atom is 0.0303 e. The third-order valence-corrected chi connectivity index (χ3v) is 3.01. The highest BCUT2D eigenvalue weighted by Gasteiger charge is 2.07. The van der Waals surface area contributed by atoms with Gasteiger partial charge in [-0.2, -0.15) is 0 Å². The van der Waals surface area contributed by atoms with E-state index >= 15 is 0 Å². The second-order valence-electron chi connectivity index (χ2n) is 2.68. The van der Waals surface area contributed by atoms with Gasteiger partial charge in [-0.25, -0.2) is 0 Å². The summed E-state index contributed by atoms with van der Waals surface area (Å²) in [6, 6.07) is 6.18. The topological polar surface area (TPSA) is 26.0 Å². The van der Waals surface area contributed by atoms with Crippen LogP contribution in [-0.2, 0) is 0 Å². The lowest BCUT2D eigenvalue weighted by atomic mass is 10.1. The van der Waals surface area contributed by atoms with Crippen LogP contribution in [0, 0.1) is 0 Å². The molecule has 0 radical (unpaired) electrons. The van der Waals surface area contributed by atoms with E-state index in [1.165, 1.54) is 0 Å². The maximum atomic E-state index is 5.91.